The number of ether oxygens (including phenoxy) is 1. The minimum Gasteiger partial charge on any atom is -0.465 e. The second-order valence-corrected chi connectivity index (χ2v) is 6.13. The smallest absolute Gasteiger partial charge is 0.337 e. The summed E-state index contributed by atoms with van der Waals surface area (Å²) < 4.78 is 5.31. The van der Waals surface area contributed by atoms with Crippen LogP contribution in [-0.4, -0.2) is 19.0 Å². The van der Waals surface area contributed by atoms with E-state index in [4.69, 9.17) is 11.6 Å². The predicted molar refractivity (Wildman–Crippen MR) is 88.0 cm³/mol. The summed E-state index contributed by atoms with van der Waals surface area (Å²) >= 11 is 7.22. The Balaban J connectivity index is 1.85. The molecule has 1 heterocycles. The Morgan fingerprint density at radius 3 is 2.55 bits per heavy atom. The Hall–Kier alpha value is -2.11. The number of halogens is 1. The van der Waals surface area contributed by atoms with Crippen LogP contribution in [0.3, 0.4) is 0 Å². The van der Waals surface area contributed by atoms with E-state index in [0.717, 1.165) is 10.4 Å². The normalized spacial score (nSPS) is 10.6. The number of hydrogen-bond donors (Lipinski definition) is 1. The summed E-state index contributed by atoms with van der Waals surface area (Å²) in [7, 11) is 1.34. The van der Waals surface area contributed by atoms with Gasteiger partial charge in [-0.1, -0.05) is 23.7 Å². The Morgan fingerprint density at radius 1 is 1.23 bits per heavy atom. The predicted octanol–water partition coefficient (Wildman–Crippen LogP) is 3.52. The van der Waals surface area contributed by atoms with E-state index in [-0.39, 0.29) is 11.9 Å². The number of thiophene rings is 1. The van der Waals surface area contributed by atoms with E-state index in [9.17, 15) is 9.59 Å². The lowest BCUT2D eigenvalue weighted by Crippen LogP contribution is -2.20. The number of esters is 1. The van der Waals surface area contributed by atoms with E-state index in [1.807, 2.05) is 6.07 Å². The van der Waals surface area contributed by atoms with Crippen molar-refractivity contribution in [2.24, 2.45) is 0 Å². The van der Waals surface area contributed by atoms with Crippen LogP contribution < -0.4 is 5.32 Å². The summed E-state index contributed by atoms with van der Waals surface area (Å²) in [6.07, 6.45) is 3.18. The van der Waals surface area contributed by atoms with Gasteiger partial charge in [0.25, 0.3) is 0 Å². The third-order valence-corrected chi connectivity index (χ3v) is 4.03. The number of carbonyl (C=O) groups excluding carboxylic acids is 2. The van der Waals surface area contributed by atoms with Gasteiger partial charge in [0.15, 0.2) is 0 Å². The molecule has 0 saturated heterocycles. The van der Waals surface area contributed by atoms with Gasteiger partial charge in [0.2, 0.25) is 5.91 Å². The highest BCUT2D eigenvalue weighted by Gasteiger charge is 2.04. The second-order valence-electron chi connectivity index (χ2n) is 4.38. The molecular formula is C16H14ClNO3S. The van der Waals surface area contributed by atoms with Crippen LogP contribution in [0.4, 0.5) is 0 Å². The molecule has 2 aromatic rings. The summed E-state index contributed by atoms with van der Waals surface area (Å²) in [5.74, 6) is -0.574. The van der Waals surface area contributed by atoms with Crippen LogP contribution in [-0.2, 0) is 16.1 Å². The summed E-state index contributed by atoms with van der Waals surface area (Å²) in [6.45, 7) is 0.385. The molecule has 1 N–H and O–H groups in total. The largest absolute Gasteiger partial charge is 0.465 e. The average Bonchev–Trinajstić information content (AvgIpc) is 2.96. The lowest BCUT2D eigenvalue weighted by atomic mass is 10.1. The number of benzene rings is 1. The van der Waals surface area contributed by atoms with Crippen molar-refractivity contribution in [1.82, 2.24) is 5.32 Å². The zero-order chi connectivity index (χ0) is 15.9. The summed E-state index contributed by atoms with van der Waals surface area (Å²) in [5.41, 5.74) is 1.38. The average molecular weight is 336 g/mol. The molecule has 2 rings (SSSR count). The zero-order valence-corrected chi connectivity index (χ0v) is 13.4. The van der Waals surface area contributed by atoms with Gasteiger partial charge >= 0.3 is 5.97 Å². The molecule has 0 radical (unpaired) electrons. The lowest BCUT2D eigenvalue weighted by Gasteiger charge is -2.04. The first kappa shape index (κ1) is 16.3. The molecule has 0 aliphatic rings. The maximum absolute atomic E-state index is 11.7. The van der Waals surface area contributed by atoms with Gasteiger partial charge in [-0.3, -0.25) is 4.79 Å². The minimum absolute atomic E-state index is 0.193. The Kier molecular flexibility index (Phi) is 5.75. The summed E-state index contributed by atoms with van der Waals surface area (Å²) in [6, 6.07) is 10.5. The summed E-state index contributed by atoms with van der Waals surface area (Å²) in [5, 5.41) is 2.77. The van der Waals surface area contributed by atoms with Crippen LogP contribution in [0.15, 0.2) is 42.5 Å². The number of carbonyl (C=O) groups is 2. The van der Waals surface area contributed by atoms with E-state index >= 15 is 0 Å². The molecule has 1 aromatic heterocycles. The highest BCUT2D eigenvalue weighted by Crippen LogP contribution is 2.22. The maximum atomic E-state index is 11.7. The Bertz CT molecular complexity index is 692. The van der Waals surface area contributed by atoms with Gasteiger partial charge in [-0.05, 0) is 35.9 Å². The van der Waals surface area contributed by atoms with Crippen molar-refractivity contribution in [2.45, 2.75) is 6.54 Å². The van der Waals surface area contributed by atoms with Crippen LogP contribution in [0.2, 0.25) is 4.34 Å². The molecule has 0 unspecified atom stereocenters. The molecule has 4 nitrogen and oxygen atoms in total. The highest BCUT2D eigenvalue weighted by molar-refractivity contribution is 7.17. The molecule has 0 saturated carbocycles. The van der Waals surface area contributed by atoms with Gasteiger partial charge in [-0.15, -0.1) is 11.3 Å². The van der Waals surface area contributed by atoms with E-state index in [0.29, 0.717) is 16.4 Å². The standard InChI is InChI=1S/C16H14ClNO3S/c1-21-16(20)12-4-2-11(3-5-12)10-18-15(19)9-7-13-6-8-14(17)22-13/h2-9H,10H2,1H3,(H,18,19). The fraction of sp³-hybridized carbons (Fsp3) is 0.125. The van der Waals surface area contributed by atoms with Gasteiger partial charge in [0, 0.05) is 17.5 Å². The van der Waals surface area contributed by atoms with Gasteiger partial charge in [-0.2, -0.15) is 0 Å². The van der Waals surface area contributed by atoms with E-state index in [2.05, 4.69) is 10.1 Å². The highest BCUT2D eigenvalue weighted by atomic mass is 35.5. The van der Waals surface area contributed by atoms with Crippen LogP contribution >= 0.6 is 22.9 Å². The second kappa shape index (κ2) is 7.77. The molecule has 0 aliphatic heterocycles. The van der Waals surface area contributed by atoms with Crippen molar-refractivity contribution in [3.8, 4) is 0 Å². The van der Waals surface area contributed by atoms with Crippen molar-refractivity contribution in [1.29, 1.82) is 0 Å². The monoisotopic (exact) mass is 335 g/mol. The third kappa shape index (κ3) is 4.72. The molecular weight excluding hydrogens is 322 g/mol. The SMILES string of the molecule is COC(=O)c1ccc(CNC(=O)C=Cc2ccc(Cl)s2)cc1. The molecule has 0 aliphatic carbocycles. The lowest BCUT2D eigenvalue weighted by molar-refractivity contribution is -0.116. The molecule has 6 heteroatoms. The fourth-order valence-electron chi connectivity index (χ4n) is 1.70. The van der Waals surface area contributed by atoms with Crippen LogP contribution in [0.5, 0.6) is 0 Å². The zero-order valence-electron chi connectivity index (χ0n) is 11.8. The van der Waals surface area contributed by atoms with E-state index < -0.39 is 0 Å². The Labute approximate surface area is 137 Å². The molecule has 0 fully saturated rings. The van der Waals surface area contributed by atoms with Gasteiger partial charge in [0.05, 0.1) is 17.0 Å². The first-order valence-corrected chi connectivity index (χ1v) is 7.66. The minimum atomic E-state index is -0.381. The van der Waals surface area contributed by atoms with Crippen molar-refractivity contribution < 1.29 is 14.3 Å². The molecule has 22 heavy (non-hydrogen) atoms. The third-order valence-electron chi connectivity index (χ3n) is 2.83. The first-order chi connectivity index (χ1) is 10.6. The molecule has 0 bridgehead atoms. The molecule has 1 aromatic carbocycles. The number of rotatable bonds is 5. The van der Waals surface area contributed by atoms with Crippen LogP contribution in [0.1, 0.15) is 20.8 Å². The number of nitrogens with one attached hydrogen (secondary N) is 1. The Morgan fingerprint density at radius 2 is 1.95 bits per heavy atom. The number of hydrogen-bond acceptors (Lipinski definition) is 4. The van der Waals surface area contributed by atoms with Crippen molar-refractivity contribution in [3.05, 3.63) is 62.8 Å². The van der Waals surface area contributed by atoms with E-state index in [1.54, 1.807) is 36.4 Å². The van der Waals surface area contributed by atoms with E-state index in [1.165, 1.54) is 24.5 Å². The molecule has 0 spiro atoms. The quantitative estimate of drug-likeness (QED) is 0.672. The summed E-state index contributed by atoms with van der Waals surface area (Å²) in [4.78, 5) is 23.9. The first-order valence-electron chi connectivity index (χ1n) is 6.47. The van der Waals surface area contributed by atoms with Gasteiger partial charge in [0.1, 0.15) is 0 Å². The van der Waals surface area contributed by atoms with Crippen molar-refractivity contribution in [3.63, 3.8) is 0 Å². The maximum Gasteiger partial charge on any atom is 0.337 e. The number of amides is 1. The number of methoxy groups -OCH3 is 1. The fourth-order valence-corrected chi connectivity index (χ4v) is 2.66. The molecule has 114 valence electrons. The van der Waals surface area contributed by atoms with Crippen molar-refractivity contribution >= 4 is 40.9 Å². The van der Waals surface area contributed by atoms with Crippen LogP contribution in [0.25, 0.3) is 6.08 Å². The van der Waals surface area contributed by atoms with Gasteiger partial charge in [-0.25, -0.2) is 4.79 Å². The topological polar surface area (TPSA) is 55.4 Å². The van der Waals surface area contributed by atoms with Crippen molar-refractivity contribution in [2.75, 3.05) is 7.11 Å². The molecule has 1 amide bonds. The molecule has 0 atom stereocenters. The van der Waals surface area contributed by atoms with Gasteiger partial charge < -0.3 is 10.1 Å². The van der Waals surface area contributed by atoms with Crippen LogP contribution in [0, 0.1) is 0 Å².